The molecule has 1 unspecified atom stereocenters. The van der Waals surface area contributed by atoms with Gasteiger partial charge in [0, 0.05) is 19.2 Å². The number of hydrogen-bond donors (Lipinski definition) is 1. The summed E-state index contributed by atoms with van der Waals surface area (Å²) in [6, 6.07) is 0.994. The summed E-state index contributed by atoms with van der Waals surface area (Å²) in [5, 5.41) is 0. The van der Waals surface area contributed by atoms with Crippen LogP contribution in [0.1, 0.15) is 6.92 Å². The standard InChI is InChI=1S/C11H14F2N2O2/c1-6(14)11(16)15(2)9-4-8(13)10(17-3)5-7(9)12/h4-6H,14H2,1-3H3. The Labute approximate surface area is 98.0 Å². The highest BCUT2D eigenvalue weighted by Gasteiger charge is 2.20. The zero-order valence-electron chi connectivity index (χ0n) is 9.83. The van der Waals surface area contributed by atoms with E-state index in [-0.39, 0.29) is 11.4 Å². The third-order valence-corrected chi connectivity index (χ3v) is 2.30. The van der Waals surface area contributed by atoms with Crippen molar-refractivity contribution in [2.75, 3.05) is 19.1 Å². The third-order valence-electron chi connectivity index (χ3n) is 2.30. The SMILES string of the molecule is COc1cc(F)c(N(C)C(=O)C(C)N)cc1F. The number of carbonyl (C=O) groups excluding carboxylic acids is 1. The molecule has 0 saturated carbocycles. The molecular formula is C11H14F2N2O2. The summed E-state index contributed by atoms with van der Waals surface area (Å²) < 4.78 is 31.6. The number of likely N-dealkylation sites (N-methyl/N-ethyl adjacent to an activating group) is 1. The lowest BCUT2D eigenvalue weighted by Crippen LogP contribution is -2.40. The van der Waals surface area contributed by atoms with Crippen LogP contribution < -0.4 is 15.4 Å². The van der Waals surface area contributed by atoms with E-state index in [9.17, 15) is 13.6 Å². The van der Waals surface area contributed by atoms with Crippen LogP contribution in [0, 0.1) is 11.6 Å². The largest absolute Gasteiger partial charge is 0.494 e. The maximum atomic E-state index is 13.6. The van der Waals surface area contributed by atoms with E-state index >= 15 is 0 Å². The number of rotatable bonds is 3. The maximum Gasteiger partial charge on any atom is 0.243 e. The number of carbonyl (C=O) groups is 1. The number of halogens is 2. The lowest BCUT2D eigenvalue weighted by Gasteiger charge is -2.20. The maximum absolute atomic E-state index is 13.6. The van der Waals surface area contributed by atoms with Crippen LogP contribution in [-0.4, -0.2) is 26.1 Å². The van der Waals surface area contributed by atoms with Crippen molar-refractivity contribution in [1.82, 2.24) is 0 Å². The molecular weight excluding hydrogens is 230 g/mol. The van der Waals surface area contributed by atoms with Gasteiger partial charge in [0.25, 0.3) is 0 Å². The molecule has 6 heteroatoms. The van der Waals surface area contributed by atoms with Crippen LogP contribution in [0.3, 0.4) is 0 Å². The topological polar surface area (TPSA) is 55.6 Å². The third kappa shape index (κ3) is 2.71. The Morgan fingerprint density at radius 3 is 2.47 bits per heavy atom. The van der Waals surface area contributed by atoms with Crippen LogP contribution in [0.5, 0.6) is 5.75 Å². The van der Waals surface area contributed by atoms with E-state index in [4.69, 9.17) is 5.73 Å². The Morgan fingerprint density at radius 1 is 1.41 bits per heavy atom. The number of anilines is 1. The van der Waals surface area contributed by atoms with Crippen molar-refractivity contribution < 1.29 is 18.3 Å². The minimum Gasteiger partial charge on any atom is -0.494 e. The molecule has 0 heterocycles. The molecule has 94 valence electrons. The number of nitrogens with zero attached hydrogens (tertiary/aromatic N) is 1. The molecule has 0 aliphatic rings. The highest BCUT2D eigenvalue weighted by Crippen LogP contribution is 2.26. The Bertz CT molecular complexity index is 436. The molecule has 1 aromatic carbocycles. The normalized spacial score (nSPS) is 12.1. The predicted molar refractivity (Wildman–Crippen MR) is 60.0 cm³/mol. The van der Waals surface area contributed by atoms with E-state index < -0.39 is 23.6 Å². The minimum absolute atomic E-state index is 0.175. The average Bonchev–Trinajstić information content (AvgIpc) is 2.29. The van der Waals surface area contributed by atoms with Crippen molar-refractivity contribution in [2.45, 2.75) is 13.0 Å². The summed E-state index contributed by atoms with van der Waals surface area (Å²) in [4.78, 5) is 12.5. The van der Waals surface area contributed by atoms with Crippen molar-refractivity contribution in [3.05, 3.63) is 23.8 Å². The first-order valence-corrected chi connectivity index (χ1v) is 4.94. The first-order chi connectivity index (χ1) is 7.88. The van der Waals surface area contributed by atoms with Gasteiger partial charge in [0.05, 0.1) is 18.8 Å². The van der Waals surface area contributed by atoms with Gasteiger partial charge >= 0.3 is 0 Å². The smallest absolute Gasteiger partial charge is 0.243 e. The van der Waals surface area contributed by atoms with Gasteiger partial charge in [0.15, 0.2) is 17.4 Å². The number of amides is 1. The van der Waals surface area contributed by atoms with Crippen LogP contribution in [0.15, 0.2) is 12.1 Å². The summed E-state index contributed by atoms with van der Waals surface area (Å²) in [7, 11) is 2.56. The van der Waals surface area contributed by atoms with E-state index in [0.29, 0.717) is 0 Å². The molecule has 0 bridgehead atoms. The van der Waals surface area contributed by atoms with Crippen LogP contribution in [0.4, 0.5) is 14.5 Å². The second-order valence-electron chi connectivity index (χ2n) is 3.62. The molecule has 1 aromatic rings. The van der Waals surface area contributed by atoms with Crippen molar-refractivity contribution in [1.29, 1.82) is 0 Å². The van der Waals surface area contributed by atoms with Crippen molar-refractivity contribution in [2.24, 2.45) is 5.73 Å². The molecule has 0 aromatic heterocycles. The summed E-state index contributed by atoms with van der Waals surface area (Å²) in [6.07, 6.45) is 0. The molecule has 0 fully saturated rings. The van der Waals surface area contributed by atoms with Gasteiger partial charge in [-0.3, -0.25) is 4.79 Å². The first kappa shape index (κ1) is 13.4. The number of hydrogen-bond acceptors (Lipinski definition) is 3. The van der Waals surface area contributed by atoms with Gasteiger partial charge < -0.3 is 15.4 Å². The van der Waals surface area contributed by atoms with Crippen LogP contribution in [0.25, 0.3) is 0 Å². The number of methoxy groups -OCH3 is 1. The molecule has 4 nitrogen and oxygen atoms in total. The zero-order chi connectivity index (χ0) is 13.2. The number of ether oxygens (including phenoxy) is 1. The molecule has 0 spiro atoms. The van der Waals surface area contributed by atoms with E-state index in [1.165, 1.54) is 21.1 Å². The lowest BCUT2D eigenvalue weighted by molar-refractivity contribution is -0.119. The van der Waals surface area contributed by atoms with E-state index in [1.807, 2.05) is 0 Å². The quantitative estimate of drug-likeness (QED) is 0.871. The average molecular weight is 244 g/mol. The Kier molecular flexibility index (Phi) is 4.01. The fourth-order valence-corrected chi connectivity index (χ4v) is 1.36. The second kappa shape index (κ2) is 5.09. The van der Waals surface area contributed by atoms with E-state index in [2.05, 4.69) is 4.74 Å². The number of benzene rings is 1. The van der Waals surface area contributed by atoms with E-state index in [1.54, 1.807) is 0 Å². The molecule has 1 amide bonds. The Hall–Kier alpha value is -1.69. The molecule has 0 saturated heterocycles. The lowest BCUT2D eigenvalue weighted by atomic mass is 10.2. The molecule has 0 radical (unpaired) electrons. The molecule has 2 N–H and O–H groups in total. The van der Waals surface area contributed by atoms with Crippen LogP contribution >= 0.6 is 0 Å². The highest BCUT2D eigenvalue weighted by molar-refractivity contribution is 5.96. The van der Waals surface area contributed by atoms with E-state index in [0.717, 1.165) is 17.0 Å². The fraction of sp³-hybridized carbons (Fsp3) is 0.364. The Balaban J connectivity index is 3.15. The fourth-order valence-electron chi connectivity index (χ4n) is 1.36. The molecule has 0 aliphatic carbocycles. The Morgan fingerprint density at radius 2 is 2.00 bits per heavy atom. The first-order valence-electron chi connectivity index (χ1n) is 4.94. The van der Waals surface area contributed by atoms with Gasteiger partial charge in [-0.15, -0.1) is 0 Å². The zero-order valence-corrected chi connectivity index (χ0v) is 9.83. The van der Waals surface area contributed by atoms with Crippen molar-refractivity contribution >= 4 is 11.6 Å². The van der Waals surface area contributed by atoms with Crippen LogP contribution in [0.2, 0.25) is 0 Å². The molecule has 17 heavy (non-hydrogen) atoms. The molecule has 0 aliphatic heterocycles. The summed E-state index contributed by atoms with van der Waals surface area (Å²) >= 11 is 0. The summed E-state index contributed by atoms with van der Waals surface area (Å²) in [5.74, 6) is -2.21. The molecule has 1 rings (SSSR count). The van der Waals surface area contributed by atoms with Gasteiger partial charge in [-0.25, -0.2) is 8.78 Å². The van der Waals surface area contributed by atoms with Gasteiger partial charge in [-0.05, 0) is 6.92 Å². The van der Waals surface area contributed by atoms with Crippen molar-refractivity contribution in [3.63, 3.8) is 0 Å². The predicted octanol–water partition coefficient (Wildman–Crippen LogP) is 1.28. The van der Waals surface area contributed by atoms with Gasteiger partial charge in [0.2, 0.25) is 5.91 Å². The van der Waals surface area contributed by atoms with Gasteiger partial charge in [-0.1, -0.05) is 0 Å². The highest BCUT2D eigenvalue weighted by atomic mass is 19.1. The monoisotopic (exact) mass is 244 g/mol. The van der Waals surface area contributed by atoms with Crippen LogP contribution in [-0.2, 0) is 4.79 Å². The second-order valence-corrected chi connectivity index (χ2v) is 3.62. The summed E-state index contributed by atoms with van der Waals surface area (Å²) in [5.41, 5.74) is 5.21. The van der Waals surface area contributed by atoms with Crippen molar-refractivity contribution in [3.8, 4) is 5.75 Å². The van der Waals surface area contributed by atoms with Gasteiger partial charge in [-0.2, -0.15) is 0 Å². The number of nitrogens with two attached hydrogens (primary N) is 1. The van der Waals surface area contributed by atoms with Gasteiger partial charge in [0.1, 0.15) is 0 Å². The minimum atomic E-state index is -0.787. The molecule has 1 atom stereocenters. The summed E-state index contributed by atoms with van der Waals surface area (Å²) in [6.45, 7) is 1.47.